The number of hydrogen-bond acceptors (Lipinski definition) is 3. The van der Waals surface area contributed by atoms with Crippen molar-refractivity contribution >= 4 is 33.8 Å². The zero-order chi connectivity index (χ0) is 10.8. The van der Waals surface area contributed by atoms with Gasteiger partial charge in [-0.15, -0.1) is 11.3 Å². The van der Waals surface area contributed by atoms with Crippen LogP contribution in [-0.2, 0) is 6.54 Å². The number of unbranched alkanes of at least 4 members (excludes halogenated alkanes) is 1. The van der Waals surface area contributed by atoms with Gasteiger partial charge in [0.15, 0.2) is 4.77 Å². The second-order valence-electron chi connectivity index (χ2n) is 3.19. The molecule has 0 bridgehead atoms. The van der Waals surface area contributed by atoms with Crippen molar-refractivity contribution in [1.29, 1.82) is 0 Å². The second kappa shape index (κ2) is 4.28. The van der Waals surface area contributed by atoms with Gasteiger partial charge < -0.3 is 4.98 Å². The Morgan fingerprint density at radius 2 is 2.40 bits per heavy atom. The number of rotatable bonds is 3. The van der Waals surface area contributed by atoms with Gasteiger partial charge in [0.1, 0.15) is 4.70 Å². The lowest BCUT2D eigenvalue weighted by Crippen LogP contribution is -2.21. The van der Waals surface area contributed by atoms with Gasteiger partial charge in [-0.05, 0) is 43.4 Å². The molecule has 2 aromatic heterocycles. The predicted octanol–water partition coefficient (Wildman–Crippen LogP) is 2.61. The molecule has 2 rings (SSSR count). The van der Waals surface area contributed by atoms with Crippen molar-refractivity contribution in [3.05, 3.63) is 33.5 Å². The van der Waals surface area contributed by atoms with Gasteiger partial charge in [0, 0.05) is 6.54 Å². The summed E-state index contributed by atoms with van der Waals surface area (Å²) in [6, 6.07) is 1.87. The molecule has 0 spiro atoms. The summed E-state index contributed by atoms with van der Waals surface area (Å²) in [5, 5.41) is 1.88. The lowest BCUT2D eigenvalue weighted by Gasteiger charge is -2.04. The van der Waals surface area contributed by atoms with Crippen molar-refractivity contribution in [1.82, 2.24) is 9.55 Å². The van der Waals surface area contributed by atoms with E-state index >= 15 is 0 Å². The normalized spacial score (nSPS) is 11.0. The molecule has 0 aromatic carbocycles. The number of aromatic amines is 1. The van der Waals surface area contributed by atoms with Gasteiger partial charge in [0.25, 0.3) is 5.56 Å². The Kier molecular flexibility index (Phi) is 3.02. The van der Waals surface area contributed by atoms with E-state index in [9.17, 15) is 4.79 Å². The molecule has 15 heavy (non-hydrogen) atoms. The van der Waals surface area contributed by atoms with Crippen LogP contribution in [0.1, 0.15) is 12.8 Å². The average molecular weight is 238 g/mol. The molecule has 78 valence electrons. The maximum Gasteiger partial charge on any atom is 0.272 e. The molecule has 3 nitrogen and oxygen atoms in total. The molecule has 2 heterocycles. The molecule has 0 atom stereocenters. The summed E-state index contributed by atoms with van der Waals surface area (Å²) in [7, 11) is 0. The van der Waals surface area contributed by atoms with Crippen molar-refractivity contribution in [2.24, 2.45) is 0 Å². The lowest BCUT2D eigenvalue weighted by atomic mass is 10.3. The Balaban J connectivity index is 2.62. The zero-order valence-corrected chi connectivity index (χ0v) is 9.66. The Morgan fingerprint density at radius 3 is 3.13 bits per heavy atom. The first-order chi connectivity index (χ1) is 7.24. The first kappa shape index (κ1) is 10.6. The SMILES string of the molecule is [CH]CCCn1c(=S)[nH]c2ccsc2c1=O. The Labute approximate surface area is 96.4 Å². The van der Waals surface area contributed by atoms with Crippen LogP contribution in [0.5, 0.6) is 0 Å². The van der Waals surface area contributed by atoms with Crippen molar-refractivity contribution in [2.45, 2.75) is 19.4 Å². The van der Waals surface area contributed by atoms with E-state index in [0.717, 1.165) is 16.6 Å². The van der Waals surface area contributed by atoms with Crippen LogP contribution >= 0.6 is 23.6 Å². The third-order valence-electron chi connectivity index (χ3n) is 2.18. The van der Waals surface area contributed by atoms with E-state index in [1.54, 1.807) is 4.57 Å². The average Bonchev–Trinajstić information content (AvgIpc) is 2.65. The first-order valence-electron chi connectivity index (χ1n) is 4.64. The minimum Gasteiger partial charge on any atom is -0.331 e. The number of fused-ring (bicyclic) bond motifs is 1. The molecule has 0 saturated carbocycles. The highest BCUT2D eigenvalue weighted by Gasteiger charge is 2.05. The maximum atomic E-state index is 12.0. The van der Waals surface area contributed by atoms with Gasteiger partial charge in [-0.3, -0.25) is 9.36 Å². The van der Waals surface area contributed by atoms with Crippen LogP contribution in [-0.4, -0.2) is 9.55 Å². The van der Waals surface area contributed by atoms with E-state index in [4.69, 9.17) is 19.1 Å². The van der Waals surface area contributed by atoms with Crippen LogP contribution in [0.25, 0.3) is 10.2 Å². The second-order valence-corrected chi connectivity index (χ2v) is 4.50. The Bertz CT molecular complexity index is 579. The number of H-pyrrole nitrogens is 1. The highest BCUT2D eigenvalue weighted by molar-refractivity contribution is 7.71. The minimum absolute atomic E-state index is 0.0165. The fourth-order valence-electron chi connectivity index (χ4n) is 1.42. The summed E-state index contributed by atoms with van der Waals surface area (Å²) in [6.45, 7) is 5.99. The van der Waals surface area contributed by atoms with Gasteiger partial charge in [-0.25, -0.2) is 0 Å². The molecule has 2 aromatic rings. The predicted molar refractivity (Wildman–Crippen MR) is 64.8 cm³/mol. The highest BCUT2D eigenvalue weighted by Crippen LogP contribution is 2.13. The first-order valence-corrected chi connectivity index (χ1v) is 5.93. The number of nitrogens with one attached hydrogen (secondary N) is 1. The maximum absolute atomic E-state index is 12.0. The summed E-state index contributed by atoms with van der Waals surface area (Å²) in [5.74, 6) is 0. The van der Waals surface area contributed by atoms with Crippen LogP contribution in [0.15, 0.2) is 16.2 Å². The molecule has 0 saturated heterocycles. The number of aromatic nitrogens is 2. The molecule has 0 amide bonds. The largest absolute Gasteiger partial charge is 0.331 e. The lowest BCUT2D eigenvalue weighted by molar-refractivity contribution is 0.615. The molecule has 1 N–H and O–H groups in total. The van der Waals surface area contributed by atoms with Gasteiger partial charge >= 0.3 is 0 Å². The van der Waals surface area contributed by atoms with Crippen molar-refractivity contribution in [3.63, 3.8) is 0 Å². The summed E-state index contributed by atoms with van der Waals surface area (Å²) >= 11 is 6.55. The Hall–Kier alpha value is -0.940. The molecular formula is C10H10N2OS2. The molecule has 0 aliphatic carbocycles. The van der Waals surface area contributed by atoms with E-state index in [1.807, 2.05) is 11.4 Å². The van der Waals surface area contributed by atoms with Gasteiger partial charge in [-0.2, -0.15) is 0 Å². The number of thiophene rings is 1. The quantitative estimate of drug-likeness (QED) is 0.835. The highest BCUT2D eigenvalue weighted by atomic mass is 32.1. The van der Waals surface area contributed by atoms with Crippen molar-refractivity contribution in [3.8, 4) is 0 Å². The third kappa shape index (κ3) is 1.89. The van der Waals surface area contributed by atoms with E-state index in [2.05, 4.69) is 4.98 Å². The monoisotopic (exact) mass is 238 g/mol. The van der Waals surface area contributed by atoms with Gasteiger partial charge in [-0.1, -0.05) is 0 Å². The standard InChI is InChI=1S/C10H10N2OS2/c1-2-3-5-12-9(13)8-7(4-6-15-8)11-10(12)14/h1,4,6H,2-3,5H2,(H,11,14). The topological polar surface area (TPSA) is 37.8 Å². The van der Waals surface area contributed by atoms with E-state index < -0.39 is 0 Å². The van der Waals surface area contributed by atoms with Crippen LogP contribution in [0.2, 0.25) is 0 Å². The fourth-order valence-corrected chi connectivity index (χ4v) is 2.50. The Morgan fingerprint density at radius 1 is 1.60 bits per heavy atom. The molecule has 0 aliphatic rings. The fraction of sp³-hybridized carbons (Fsp3) is 0.300. The summed E-state index contributed by atoms with van der Waals surface area (Å²) in [6.07, 6.45) is 1.32. The molecule has 5 heteroatoms. The smallest absolute Gasteiger partial charge is 0.272 e. The third-order valence-corrected chi connectivity index (χ3v) is 3.40. The van der Waals surface area contributed by atoms with Gasteiger partial charge in [0.2, 0.25) is 0 Å². The molecule has 0 aliphatic heterocycles. The van der Waals surface area contributed by atoms with Crippen molar-refractivity contribution < 1.29 is 0 Å². The van der Waals surface area contributed by atoms with Gasteiger partial charge in [0.05, 0.1) is 5.52 Å². The summed E-state index contributed by atoms with van der Waals surface area (Å²) in [4.78, 5) is 15.0. The molecule has 0 unspecified atom stereocenters. The van der Waals surface area contributed by atoms with Crippen LogP contribution in [0.4, 0.5) is 0 Å². The zero-order valence-electron chi connectivity index (χ0n) is 8.03. The molecule has 2 radical (unpaired) electrons. The number of nitrogens with zero attached hydrogens (tertiary/aromatic N) is 1. The van der Waals surface area contributed by atoms with E-state index in [1.165, 1.54) is 11.3 Å². The van der Waals surface area contributed by atoms with E-state index in [0.29, 0.717) is 17.7 Å². The minimum atomic E-state index is -0.0165. The molecule has 0 fully saturated rings. The molecular weight excluding hydrogens is 228 g/mol. The summed E-state index contributed by atoms with van der Waals surface area (Å²) in [5.41, 5.74) is 0.802. The van der Waals surface area contributed by atoms with Crippen molar-refractivity contribution in [2.75, 3.05) is 0 Å². The number of hydrogen-bond donors (Lipinski definition) is 1. The van der Waals surface area contributed by atoms with E-state index in [-0.39, 0.29) is 5.56 Å². The van der Waals surface area contributed by atoms with Crippen LogP contribution in [0, 0.1) is 11.7 Å². The van der Waals surface area contributed by atoms with Crippen LogP contribution in [0.3, 0.4) is 0 Å². The van der Waals surface area contributed by atoms with Crippen LogP contribution < -0.4 is 5.56 Å². The summed E-state index contributed by atoms with van der Waals surface area (Å²) < 4.78 is 2.76.